The van der Waals surface area contributed by atoms with E-state index in [1.165, 1.54) is 57.1 Å². The molecule has 98 valence electrons. The quantitative estimate of drug-likeness (QED) is 0.498. The summed E-state index contributed by atoms with van der Waals surface area (Å²) in [5, 5.41) is 0. The number of ketones is 1. The maximum Gasteiger partial charge on any atom is 0.152 e. The fraction of sp³-hybridized carbons (Fsp3) is 0.471. The predicted octanol–water partition coefficient (Wildman–Crippen LogP) is 4.94. The second kappa shape index (κ2) is 7.86. The molecule has 2 aliphatic carbocycles. The van der Waals surface area contributed by atoms with Gasteiger partial charge in [0.25, 0.3) is 0 Å². The molecule has 2 aliphatic rings. The highest BCUT2D eigenvalue weighted by molar-refractivity contribution is 5.86. The third kappa shape index (κ3) is 4.48. The first-order chi connectivity index (χ1) is 8.69. The zero-order valence-electron chi connectivity index (χ0n) is 11.7. The summed E-state index contributed by atoms with van der Waals surface area (Å²) in [4.78, 5) is 9.69. The van der Waals surface area contributed by atoms with E-state index in [4.69, 9.17) is 0 Å². The van der Waals surface area contributed by atoms with Crippen molar-refractivity contribution in [3.05, 3.63) is 36.4 Å². The van der Waals surface area contributed by atoms with E-state index >= 15 is 0 Å². The second-order valence-corrected chi connectivity index (χ2v) is 4.85. The molecule has 0 aliphatic heterocycles. The van der Waals surface area contributed by atoms with Gasteiger partial charge in [0.15, 0.2) is 5.78 Å². The molecule has 0 saturated carbocycles. The highest BCUT2D eigenvalue weighted by Gasteiger charge is 2.14. The standard InChI is InChI=1S/C13H18.C4H6O/c1-2-3-4-5-6-7-11-10-12-8-9-13(11)12;1-3-4(2)5/h8-10H,2-7H2,1H3;3H,1H2,2H3. The van der Waals surface area contributed by atoms with Crippen LogP contribution in [0.25, 0.3) is 11.1 Å². The van der Waals surface area contributed by atoms with Gasteiger partial charge in [-0.05, 0) is 42.5 Å². The minimum absolute atomic E-state index is 0.0185. The topological polar surface area (TPSA) is 17.1 Å². The molecule has 0 aromatic heterocycles. The third-order valence-electron chi connectivity index (χ3n) is 3.25. The Balaban J connectivity index is 0.000000280. The van der Waals surface area contributed by atoms with Gasteiger partial charge in [-0.1, -0.05) is 57.4 Å². The lowest BCUT2D eigenvalue weighted by Crippen LogP contribution is -2.00. The molecule has 0 spiro atoms. The van der Waals surface area contributed by atoms with Crippen molar-refractivity contribution in [2.75, 3.05) is 0 Å². The smallest absolute Gasteiger partial charge is 0.152 e. The Labute approximate surface area is 111 Å². The molecule has 18 heavy (non-hydrogen) atoms. The summed E-state index contributed by atoms with van der Waals surface area (Å²) in [6.07, 6.45) is 9.57. The summed E-state index contributed by atoms with van der Waals surface area (Å²) in [5.74, 6) is 0.0185. The second-order valence-electron chi connectivity index (χ2n) is 4.85. The highest BCUT2D eigenvalue weighted by Crippen LogP contribution is 2.37. The lowest BCUT2D eigenvalue weighted by atomic mass is 9.84. The van der Waals surface area contributed by atoms with Crippen molar-refractivity contribution in [2.24, 2.45) is 0 Å². The highest BCUT2D eigenvalue weighted by atomic mass is 16.1. The number of allylic oxidation sites excluding steroid dienone is 1. The summed E-state index contributed by atoms with van der Waals surface area (Å²) in [6.45, 7) is 6.94. The van der Waals surface area contributed by atoms with E-state index in [9.17, 15) is 4.79 Å². The summed E-state index contributed by atoms with van der Waals surface area (Å²) in [7, 11) is 0. The third-order valence-corrected chi connectivity index (χ3v) is 3.25. The molecule has 0 heterocycles. The molecule has 0 radical (unpaired) electrons. The van der Waals surface area contributed by atoms with Crippen molar-refractivity contribution >= 4 is 5.78 Å². The van der Waals surface area contributed by atoms with E-state index in [0.29, 0.717) is 0 Å². The average molecular weight is 244 g/mol. The maximum atomic E-state index is 9.69. The van der Waals surface area contributed by atoms with Gasteiger partial charge in [-0.3, -0.25) is 4.79 Å². The van der Waals surface area contributed by atoms with Crippen LogP contribution in [0.2, 0.25) is 0 Å². The van der Waals surface area contributed by atoms with Gasteiger partial charge in [0.1, 0.15) is 0 Å². The maximum absolute atomic E-state index is 9.69. The van der Waals surface area contributed by atoms with Gasteiger partial charge in [-0.2, -0.15) is 0 Å². The summed E-state index contributed by atoms with van der Waals surface area (Å²) in [5.41, 5.74) is 4.65. The molecule has 0 atom stereocenters. The molecule has 1 heteroatoms. The molecule has 0 bridgehead atoms. The molecular weight excluding hydrogens is 220 g/mol. The average Bonchev–Trinajstić information content (AvgIpc) is 2.34. The van der Waals surface area contributed by atoms with Crippen molar-refractivity contribution < 1.29 is 4.79 Å². The van der Waals surface area contributed by atoms with Crippen molar-refractivity contribution in [3.8, 4) is 11.1 Å². The number of hydrogen-bond acceptors (Lipinski definition) is 1. The van der Waals surface area contributed by atoms with Crippen LogP contribution in [0.1, 0.15) is 51.5 Å². The SMILES string of the molecule is C=CC(C)=O.CCCCCCCc1cc2ccc1-2. The summed E-state index contributed by atoms with van der Waals surface area (Å²) in [6, 6.07) is 6.79. The van der Waals surface area contributed by atoms with Gasteiger partial charge in [0, 0.05) is 0 Å². The van der Waals surface area contributed by atoms with E-state index in [-0.39, 0.29) is 5.78 Å². The van der Waals surface area contributed by atoms with Gasteiger partial charge in [-0.15, -0.1) is 0 Å². The first-order valence-electron chi connectivity index (χ1n) is 6.95. The first-order valence-corrected chi connectivity index (χ1v) is 6.95. The Hall–Kier alpha value is -1.37. The number of rotatable bonds is 7. The Morgan fingerprint density at radius 1 is 1.22 bits per heavy atom. The van der Waals surface area contributed by atoms with Crippen LogP contribution in [0.15, 0.2) is 30.9 Å². The summed E-state index contributed by atoms with van der Waals surface area (Å²) < 4.78 is 0. The molecule has 0 N–H and O–H groups in total. The number of carbonyl (C=O) groups is 1. The number of aryl methyl sites for hydroxylation is 1. The molecule has 2 rings (SSSR count). The van der Waals surface area contributed by atoms with Crippen LogP contribution >= 0.6 is 0 Å². The van der Waals surface area contributed by atoms with Crippen LogP contribution in [0.4, 0.5) is 0 Å². The number of hydrogen-bond donors (Lipinski definition) is 0. The molecule has 1 nitrogen and oxygen atoms in total. The zero-order valence-corrected chi connectivity index (χ0v) is 11.7. The fourth-order valence-corrected chi connectivity index (χ4v) is 1.99. The number of carbonyl (C=O) groups excluding carboxylic acids is 1. The molecule has 0 saturated heterocycles. The monoisotopic (exact) mass is 244 g/mol. The number of fused-ring (bicyclic) bond motifs is 1. The number of benzene rings is 1. The van der Waals surface area contributed by atoms with Crippen molar-refractivity contribution in [3.63, 3.8) is 0 Å². The molecule has 0 unspecified atom stereocenters. The largest absolute Gasteiger partial charge is 0.295 e. The van der Waals surface area contributed by atoms with E-state index < -0.39 is 0 Å². The lowest BCUT2D eigenvalue weighted by Gasteiger charge is -2.20. The fourth-order valence-electron chi connectivity index (χ4n) is 1.99. The van der Waals surface area contributed by atoms with E-state index in [1.807, 2.05) is 0 Å². The van der Waals surface area contributed by atoms with Crippen LogP contribution < -0.4 is 0 Å². The Kier molecular flexibility index (Phi) is 6.42. The lowest BCUT2D eigenvalue weighted by molar-refractivity contribution is -0.112. The predicted molar refractivity (Wildman–Crippen MR) is 78.8 cm³/mol. The molecule has 0 amide bonds. The minimum Gasteiger partial charge on any atom is -0.295 e. The Morgan fingerprint density at radius 2 is 1.89 bits per heavy atom. The normalized spacial score (nSPS) is 10.3. The van der Waals surface area contributed by atoms with Crippen molar-refractivity contribution in [1.82, 2.24) is 0 Å². The van der Waals surface area contributed by atoms with Gasteiger partial charge in [0.2, 0.25) is 0 Å². The first kappa shape index (κ1) is 14.7. The summed E-state index contributed by atoms with van der Waals surface area (Å²) >= 11 is 0. The van der Waals surface area contributed by atoms with E-state index in [0.717, 1.165) is 0 Å². The number of unbranched alkanes of at least 4 members (excludes halogenated alkanes) is 4. The van der Waals surface area contributed by atoms with Crippen LogP contribution in [0.3, 0.4) is 0 Å². The minimum atomic E-state index is 0.0185. The van der Waals surface area contributed by atoms with Gasteiger partial charge in [-0.25, -0.2) is 0 Å². The zero-order chi connectivity index (χ0) is 13.4. The van der Waals surface area contributed by atoms with E-state index in [1.54, 1.807) is 11.1 Å². The van der Waals surface area contributed by atoms with Gasteiger partial charge in [0.05, 0.1) is 0 Å². The molecule has 0 fully saturated rings. The van der Waals surface area contributed by atoms with Crippen LogP contribution in [0, 0.1) is 0 Å². The Morgan fingerprint density at radius 3 is 2.28 bits per heavy atom. The van der Waals surface area contributed by atoms with E-state index in [2.05, 4.69) is 31.7 Å². The van der Waals surface area contributed by atoms with Crippen LogP contribution in [0.5, 0.6) is 0 Å². The molecular formula is C17H24O. The van der Waals surface area contributed by atoms with Gasteiger partial charge < -0.3 is 0 Å². The molecule has 0 aromatic carbocycles. The van der Waals surface area contributed by atoms with Crippen molar-refractivity contribution in [2.45, 2.75) is 52.4 Å². The molecule has 0 aromatic rings. The van der Waals surface area contributed by atoms with Gasteiger partial charge >= 0.3 is 0 Å². The van der Waals surface area contributed by atoms with Crippen LogP contribution in [-0.4, -0.2) is 5.78 Å². The van der Waals surface area contributed by atoms with Crippen LogP contribution in [-0.2, 0) is 11.2 Å². The Bertz CT molecular complexity index is 404. The van der Waals surface area contributed by atoms with Crippen molar-refractivity contribution in [1.29, 1.82) is 0 Å².